The van der Waals surface area contributed by atoms with Crippen LogP contribution >= 0.6 is 11.8 Å². The maximum Gasteiger partial charge on any atom is 0.221 e. The number of amides is 1. The van der Waals surface area contributed by atoms with Crippen molar-refractivity contribution in [1.29, 1.82) is 0 Å². The van der Waals surface area contributed by atoms with Crippen LogP contribution in [-0.2, 0) is 4.79 Å². The minimum absolute atomic E-state index is 0.151. The number of nitrogens with one attached hydrogen (secondary N) is 3. The predicted octanol–water partition coefficient (Wildman–Crippen LogP) is 1.88. The number of thioether (sulfide) groups is 1. The minimum atomic E-state index is 0.151. The standard InChI is InChI=1S/C16H30N4OS/c1-17-16(20-13-7-8-14(11-13)22-2)18-10-9-15(21)19-12-5-3-4-6-12/h12-14H,3-11H2,1-2H3,(H,19,21)(H2,17,18,20). The van der Waals surface area contributed by atoms with Crippen molar-refractivity contribution in [1.82, 2.24) is 16.0 Å². The fourth-order valence-corrected chi connectivity index (χ4v) is 4.13. The van der Waals surface area contributed by atoms with Crippen LogP contribution in [0.2, 0.25) is 0 Å². The van der Waals surface area contributed by atoms with Crippen molar-refractivity contribution in [3.05, 3.63) is 0 Å². The van der Waals surface area contributed by atoms with Gasteiger partial charge in [0, 0.05) is 37.3 Å². The van der Waals surface area contributed by atoms with E-state index in [1.165, 1.54) is 32.1 Å². The highest BCUT2D eigenvalue weighted by Crippen LogP contribution is 2.27. The second kappa shape index (κ2) is 9.28. The van der Waals surface area contributed by atoms with E-state index in [0.717, 1.165) is 24.1 Å². The van der Waals surface area contributed by atoms with E-state index in [4.69, 9.17) is 0 Å². The Labute approximate surface area is 138 Å². The molecule has 0 heterocycles. The lowest BCUT2D eigenvalue weighted by Gasteiger charge is -2.17. The molecule has 0 radical (unpaired) electrons. The van der Waals surface area contributed by atoms with Gasteiger partial charge in [0.15, 0.2) is 5.96 Å². The fourth-order valence-electron chi connectivity index (χ4n) is 3.34. The van der Waals surface area contributed by atoms with E-state index in [1.807, 2.05) is 11.8 Å². The van der Waals surface area contributed by atoms with E-state index in [0.29, 0.717) is 25.0 Å². The molecule has 0 aromatic carbocycles. The zero-order valence-electron chi connectivity index (χ0n) is 13.9. The zero-order valence-corrected chi connectivity index (χ0v) is 14.7. The molecule has 5 nitrogen and oxygen atoms in total. The third-order valence-corrected chi connectivity index (χ3v) is 5.74. The molecule has 2 unspecified atom stereocenters. The average Bonchev–Trinajstić information content (AvgIpc) is 3.17. The Hall–Kier alpha value is -0.910. The van der Waals surface area contributed by atoms with Crippen LogP contribution in [-0.4, -0.2) is 49.0 Å². The summed E-state index contributed by atoms with van der Waals surface area (Å²) in [6.45, 7) is 0.636. The second-order valence-corrected chi connectivity index (χ2v) is 7.45. The molecule has 0 saturated heterocycles. The van der Waals surface area contributed by atoms with Crippen LogP contribution in [0.5, 0.6) is 0 Å². The largest absolute Gasteiger partial charge is 0.356 e. The van der Waals surface area contributed by atoms with Crippen molar-refractivity contribution < 1.29 is 4.79 Å². The Morgan fingerprint density at radius 3 is 2.55 bits per heavy atom. The number of hydrogen-bond acceptors (Lipinski definition) is 3. The summed E-state index contributed by atoms with van der Waals surface area (Å²) < 4.78 is 0. The SMILES string of the molecule is CN=C(NCCC(=O)NC1CCCC1)NC1CCC(SC)C1. The van der Waals surface area contributed by atoms with E-state index < -0.39 is 0 Å². The smallest absolute Gasteiger partial charge is 0.221 e. The highest BCUT2D eigenvalue weighted by molar-refractivity contribution is 7.99. The molecule has 2 rings (SSSR count). The zero-order chi connectivity index (χ0) is 15.8. The quantitative estimate of drug-likeness (QED) is 0.515. The molecule has 0 spiro atoms. The van der Waals surface area contributed by atoms with Gasteiger partial charge in [-0.2, -0.15) is 11.8 Å². The number of rotatable bonds is 6. The molecule has 6 heteroatoms. The third-order valence-electron chi connectivity index (χ3n) is 4.65. The Bertz CT molecular complexity index is 382. The van der Waals surface area contributed by atoms with Crippen LogP contribution in [0.1, 0.15) is 51.4 Å². The number of hydrogen-bond donors (Lipinski definition) is 3. The highest BCUT2D eigenvalue weighted by Gasteiger charge is 2.24. The van der Waals surface area contributed by atoms with Gasteiger partial charge in [0.05, 0.1) is 0 Å². The normalized spacial score (nSPS) is 26.2. The van der Waals surface area contributed by atoms with Gasteiger partial charge in [-0.15, -0.1) is 0 Å². The topological polar surface area (TPSA) is 65.5 Å². The number of guanidine groups is 1. The van der Waals surface area contributed by atoms with Gasteiger partial charge >= 0.3 is 0 Å². The first-order valence-corrected chi connectivity index (χ1v) is 9.79. The molecule has 0 aromatic heterocycles. The third kappa shape index (κ3) is 5.71. The fraction of sp³-hybridized carbons (Fsp3) is 0.875. The van der Waals surface area contributed by atoms with Crippen molar-refractivity contribution in [2.24, 2.45) is 4.99 Å². The molecule has 2 atom stereocenters. The molecule has 2 aliphatic carbocycles. The molecule has 0 bridgehead atoms. The van der Waals surface area contributed by atoms with Crippen molar-refractivity contribution >= 4 is 23.6 Å². The van der Waals surface area contributed by atoms with Crippen LogP contribution < -0.4 is 16.0 Å². The summed E-state index contributed by atoms with van der Waals surface area (Å²) in [6.07, 6.45) is 11.1. The number of aliphatic imine (C=N–C) groups is 1. The van der Waals surface area contributed by atoms with Gasteiger partial charge in [-0.25, -0.2) is 0 Å². The van der Waals surface area contributed by atoms with Gasteiger partial charge in [-0.1, -0.05) is 12.8 Å². The molecule has 126 valence electrons. The molecular weight excluding hydrogens is 296 g/mol. The van der Waals surface area contributed by atoms with Gasteiger partial charge in [0.1, 0.15) is 0 Å². The molecule has 1 amide bonds. The van der Waals surface area contributed by atoms with Crippen molar-refractivity contribution in [2.45, 2.75) is 68.7 Å². The van der Waals surface area contributed by atoms with Crippen LogP contribution in [0.25, 0.3) is 0 Å². The molecule has 22 heavy (non-hydrogen) atoms. The molecular formula is C16H30N4OS. The van der Waals surface area contributed by atoms with Crippen LogP contribution in [0.3, 0.4) is 0 Å². The van der Waals surface area contributed by atoms with Crippen LogP contribution in [0, 0.1) is 0 Å². The molecule has 0 aliphatic heterocycles. The molecule has 2 saturated carbocycles. The lowest BCUT2D eigenvalue weighted by atomic mass is 10.2. The van der Waals surface area contributed by atoms with E-state index in [2.05, 4.69) is 27.2 Å². The number of nitrogens with zero attached hydrogens (tertiary/aromatic N) is 1. The Morgan fingerprint density at radius 1 is 1.14 bits per heavy atom. The van der Waals surface area contributed by atoms with Gasteiger partial charge in [-0.05, 0) is 38.4 Å². The second-order valence-electron chi connectivity index (χ2n) is 6.31. The molecule has 2 aliphatic rings. The van der Waals surface area contributed by atoms with Crippen LogP contribution in [0.4, 0.5) is 0 Å². The van der Waals surface area contributed by atoms with Crippen molar-refractivity contribution in [3.63, 3.8) is 0 Å². The molecule has 2 fully saturated rings. The maximum atomic E-state index is 11.9. The first kappa shape index (κ1) is 17.4. The van der Waals surface area contributed by atoms with E-state index in [9.17, 15) is 4.79 Å². The maximum absolute atomic E-state index is 11.9. The molecule has 0 aromatic rings. The minimum Gasteiger partial charge on any atom is -0.356 e. The lowest BCUT2D eigenvalue weighted by Crippen LogP contribution is -2.44. The molecule has 3 N–H and O–H groups in total. The van der Waals surface area contributed by atoms with Gasteiger partial charge in [0.2, 0.25) is 5.91 Å². The van der Waals surface area contributed by atoms with Gasteiger partial charge in [0.25, 0.3) is 0 Å². The van der Waals surface area contributed by atoms with Crippen molar-refractivity contribution in [3.8, 4) is 0 Å². The van der Waals surface area contributed by atoms with E-state index >= 15 is 0 Å². The van der Waals surface area contributed by atoms with E-state index in [-0.39, 0.29) is 5.91 Å². The monoisotopic (exact) mass is 326 g/mol. The predicted molar refractivity (Wildman–Crippen MR) is 94.5 cm³/mol. The van der Waals surface area contributed by atoms with Gasteiger partial charge < -0.3 is 16.0 Å². The average molecular weight is 327 g/mol. The summed E-state index contributed by atoms with van der Waals surface area (Å²) >= 11 is 1.95. The Morgan fingerprint density at radius 2 is 1.91 bits per heavy atom. The van der Waals surface area contributed by atoms with Gasteiger partial charge in [-0.3, -0.25) is 9.79 Å². The summed E-state index contributed by atoms with van der Waals surface area (Å²) in [7, 11) is 1.79. The summed E-state index contributed by atoms with van der Waals surface area (Å²) in [5.74, 6) is 0.971. The van der Waals surface area contributed by atoms with Crippen LogP contribution in [0.15, 0.2) is 4.99 Å². The Kier molecular flexibility index (Phi) is 7.36. The number of carbonyl (C=O) groups excluding carboxylic acids is 1. The summed E-state index contributed by atoms with van der Waals surface area (Å²) in [4.78, 5) is 16.1. The van der Waals surface area contributed by atoms with E-state index in [1.54, 1.807) is 7.05 Å². The van der Waals surface area contributed by atoms with Crippen molar-refractivity contribution in [2.75, 3.05) is 19.8 Å². The Balaban J connectivity index is 1.60. The first-order valence-electron chi connectivity index (χ1n) is 8.50. The summed E-state index contributed by atoms with van der Waals surface area (Å²) in [5.41, 5.74) is 0. The highest BCUT2D eigenvalue weighted by atomic mass is 32.2. The number of carbonyl (C=O) groups is 1. The summed E-state index contributed by atoms with van der Waals surface area (Å²) in [6, 6.07) is 0.919. The summed E-state index contributed by atoms with van der Waals surface area (Å²) in [5, 5.41) is 10.6. The lowest BCUT2D eigenvalue weighted by molar-refractivity contribution is -0.121. The first-order chi connectivity index (χ1) is 10.7.